The van der Waals surface area contributed by atoms with E-state index in [9.17, 15) is 0 Å². The van der Waals surface area contributed by atoms with Crippen LogP contribution in [0.5, 0.6) is 0 Å². The lowest BCUT2D eigenvalue weighted by atomic mass is 9.89. The third-order valence-corrected chi connectivity index (χ3v) is 4.49. The number of hydrogen-bond acceptors (Lipinski definition) is 3. The summed E-state index contributed by atoms with van der Waals surface area (Å²) in [5.74, 6) is 0.711. The van der Waals surface area contributed by atoms with Gasteiger partial charge in [-0.05, 0) is 32.7 Å². The molecule has 1 aliphatic heterocycles. The smallest absolute Gasteiger partial charge is 0.0666 e. The molecule has 2 heterocycles. The second-order valence-corrected chi connectivity index (χ2v) is 6.12. The molecule has 1 saturated heterocycles. The van der Waals surface area contributed by atoms with Crippen LogP contribution >= 0.6 is 0 Å². The maximum Gasteiger partial charge on any atom is 0.0666 e. The minimum Gasteiger partial charge on any atom is -0.309 e. The van der Waals surface area contributed by atoms with Gasteiger partial charge in [0, 0.05) is 44.0 Å². The molecule has 2 rings (SSSR count). The Balaban J connectivity index is 1.94. The highest BCUT2D eigenvalue weighted by Crippen LogP contribution is 2.21. The largest absolute Gasteiger partial charge is 0.309 e. The number of likely N-dealkylation sites (tertiary alicyclic amines) is 1. The first kappa shape index (κ1) is 14.5. The summed E-state index contributed by atoms with van der Waals surface area (Å²) in [6, 6.07) is 1.30. The van der Waals surface area contributed by atoms with Crippen LogP contribution in [0.3, 0.4) is 0 Å². The van der Waals surface area contributed by atoms with Crippen molar-refractivity contribution in [3.63, 3.8) is 0 Å². The molecular weight excluding hydrogens is 236 g/mol. The molecule has 0 bridgehead atoms. The minimum absolute atomic E-state index is 0.621. The molecule has 1 aliphatic rings. The van der Waals surface area contributed by atoms with Gasteiger partial charge in [-0.25, -0.2) is 0 Å². The molecular formula is C15H28N4. The lowest BCUT2D eigenvalue weighted by molar-refractivity contribution is 0.121. The molecule has 0 spiro atoms. The highest BCUT2D eigenvalue weighted by molar-refractivity contribution is 5.16. The molecule has 0 aliphatic carbocycles. The third-order valence-electron chi connectivity index (χ3n) is 4.49. The van der Waals surface area contributed by atoms with Crippen LogP contribution in [0, 0.1) is 5.92 Å². The molecule has 0 saturated carbocycles. The number of piperidine rings is 1. The summed E-state index contributed by atoms with van der Waals surface area (Å²) in [6.07, 6.45) is 4.39. The Hall–Kier alpha value is -0.870. The van der Waals surface area contributed by atoms with E-state index in [0.29, 0.717) is 18.0 Å². The van der Waals surface area contributed by atoms with Gasteiger partial charge in [0.2, 0.25) is 0 Å². The number of hydrogen-bond donors (Lipinski definition) is 1. The number of aromatic nitrogens is 2. The van der Waals surface area contributed by atoms with Gasteiger partial charge in [-0.3, -0.25) is 4.68 Å². The van der Waals surface area contributed by atoms with Crippen molar-refractivity contribution < 1.29 is 0 Å². The van der Waals surface area contributed by atoms with Crippen LogP contribution in [-0.4, -0.2) is 40.4 Å². The molecule has 3 atom stereocenters. The fourth-order valence-electron chi connectivity index (χ4n) is 3.10. The summed E-state index contributed by atoms with van der Waals surface area (Å²) in [7, 11) is 4.23. The second kappa shape index (κ2) is 6.06. The summed E-state index contributed by atoms with van der Waals surface area (Å²) in [4.78, 5) is 2.46. The summed E-state index contributed by atoms with van der Waals surface area (Å²) < 4.78 is 1.93. The quantitative estimate of drug-likeness (QED) is 0.900. The predicted octanol–water partition coefficient (Wildman–Crippen LogP) is 1.80. The molecule has 1 aromatic rings. The van der Waals surface area contributed by atoms with E-state index in [1.54, 1.807) is 0 Å². The van der Waals surface area contributed by atoms with Crippen molar-refractivity contribution in [3.05, 3.63) is 17.5 Å². The molecule has 108 valence electrons. The Morgan fingerprint density at radius 1 is 1.37 bits per heavy atom. The molecule has 19 heavy (non-hydrogen) atoms. The molecule has 4 nitrogen and oxygen atoms in total. The lowest BCUT2D eigenvalue weighted by Crippen LogP contribution is -2.50. The Bertz CT molecular complexity index is 412. The first-order valence-electron chi connectivity index (χ1n) is 7.46. The van der Waals surface area contributed by atoms with Crippen LogP contribution in [0.2, 0.25) is 0 Å². The summed E-state index contributed by atoms with van der Waals surface area (Å²) >= 11 is 0. The Morgan fingerprint density at radius 3 is 2.79 bits per heavy atom. The zero-order chi connectivity index (χ0) is 14.0. The molecule has 4 heteroatoms. The predicted molar refractivity (Wildman–Crippen MR) is 79.1 cm³/mol. The van der Waals surface area contributed by atoms with Crippen LogP contribution in [0.15, 0.2) is 6.20 Å². The van der Waals surface area contributed by atoms with Crippen molar-refractivity contribution in [2.24, 2.45) is 13.0 Å². The van der Waals surface area contributed by atoms with Crippen LogP contribution in [0.1, 0.15) is 38.4 Å². The molecule has 1 fully saturated rings. The van der Waals surface area contributed by atoms with Crippen molar-refractivity contribution in [2.75, 3.05) is 13.6 Å². The molecule has 0 amide bonds. The van der Waals surface area contributed by atoms with Gasteiger partial charge in [0.25, 0.3) is 0 Å². The number of nitrogens with zero attached hydrogens (tertiary/aromatic N) is 3. The van der Waals surface area contributed by atoms with Gasteiger partial charge in [0.1, 0.15) is 0 Å². The lowest BCUT2D eigenvalue weighted by Gasteiger charge is -2.40. The molecule has 1 N–H and O–H groups in total. The number of aryl methyl sites for hydroxylation is 2. The fourth-order valence-corrected chi connectivity index (χ4v) is 3.10. The first-order chi connectivity index (χ1) is 9.01. The Kier molecular flexibility index (Phi) is 4.63. The zero-order valence-corrected chi connectivity index (χ0v) is 13.0. The van der Waals surface area contributed by atoms with Crippen molar-refractivity contribution in [1.29, 1.82) is 0 Å². The molecule has 0 aromatic carbocycles. The van der Waals surface area contributed by atoms with Crippen molar-refractivity contribution >= 4 is 0 Å². The average Bonchev–Trinajstić information content (AvgIpc) is 2.72. The van der Waals surface area contributed by atoms with Crippen LogP contribution in [0.25, 0.3) is 0 Å². The van der Waals surface area contributed by atoms with Gasteiger partial charge in [-0.2, -0.15) is 5.10 Å². The van der Waals surface area contributed by atoms with Crippen molar-refractivity contribution in [3.8, 4) is 0 Å². The minimum atomic E-state index is 0.621. The maximum absolute atomic E-state index is 4.51. The average molecular weight is 264 g/mol. The van der Waals surface area contributed by atoms with E-state index in [1.165, 1.54) is 24.2 Å². The van der Waals surface area contributed by atoms with Crippen molar-refractivity contribution in [2.45, 2.75) is 52.2 Å². The summed E-state index contributed by atoms with van der Waals surface area (Å²) in [6.45, 7) is 8.98. The Labute approximate surface area is 117 Å². The zero-order valence-electron chi connectivity index (χ0n) is 13.0. The van der Waals surface area contributed by atoms with E-state index >= 15 is 0 Å². The number of nitrogens with one attached hydrogen (secondary N) is 1. The monoisotopic (exact) mass is 264 g/mol. The van der Waals surface area contributed by atoms with Crippen LogP contribution in [0.4, 0.5) is 0 Å². The number of rotatable bonds is 4. The van der Waals surface area contributed by atoms with Crippen molar-refractivity contribution in [1.82, 2.24) is 20.0 Å². The van der Waals surface area contributed by atoms with Crippen LogP contribution in [-0.2, 0) is 20.0 Å². The topological polar surface area (TPSA) is 33.1 Å². The highest BCUT2D eigenvalue weighted by atomic mass is 15.3. The normalized spacial score (nSPS) is 28.8. The third kappa shape index (κ3) is 3.37. The molecule has 0 radical (unpaired) electrons. The van der Waals surface area contributed by atoms with Crippen LogP contribution < -0.4 is 5.32 Å². The molecule has 1 aromatic heterocycles. The van der Waals surface area contributed by atoms with Gasteiger partial charge < -0.3 is 10.2 Å². The highest BCUT2D eigenvalue weighted by Gasteiger charge is 2.28. The van der Waals surface area contributed by atoms with Gasteiger partial charge in [-0.15, -0.1) is 0 Å². The van der Waals surface area contributed by atoms with E-state index in [1.807, 2.05) is 11.7 Å². The van der Waals surface area contributed by atoms with E-state index < -0.39 is 0 Å². The van der Waals surface area contributed by atoms with Gasteiger partial charge >= 0.3 is 0 Å². The van der Waals surface area contributed by atoms with Gasteiger partial charge in [-0.1, -0.05) is 13.8 Å². The standard InChI is InChI=1S/C15H28N4/c1-6-14-13(10-19(5)17-14)8-16-15-7-12(3)18(4)9-11(15)2/h10-12,15-16H,6-9H2,1-5H3. The van der Waals surface area contributed by atoms with E-state index in [2.05, 4.69) is 49.3 Å². The maximum atomic E-state index is 4.51. The SMILES string of the molecule is CCc1nn(C)cc1CNC1CC(C)N(C)CC1C. The van der Waals surface area contributed by atoms with E-state index in [4.69, 9.17) is 0 Å². The first-order valence-corrected chi connectivity index (χ1v) is 7.46. The molecule has 3 unspecified atom stereocenters. The van der Waals surface area contributed by atoms with E-state index in [0.717, 1.165) is 13.0 Å². The van der Waals surface area contributed by atoms with E-state index in [-0.39, 0.29) is 0 Å². The summed E-state index contributed by atoms with van der Waals surface area (Å²) in [5.41, 5.74) is 2.58. The van der Waals surface area contributed by atoms with Gasteiger partial charge in [0.05, 0.1) is 5.69 Å². The Morgan fingerprint density at radius 2 is 2.11 bits per heavy atom. The van der Waals surface area contributed by atoms with Gasteiger partial charge in [0.15, 0.2) is 0 Å². The summed E-state index contributed by atoms with van der Waals surface area (Å²) in [5, 5.41) is 8.25. The fraction of sp³-hybridized carbons (Fsp3) is 0.800. The second-order valence-electron chi connectivity index (χ2n) is 6.12.